The second kappa shape index (κ2) is 20.7. The van der Waals surface area contributed by atoms with Gasteiger partial charge in [0.1, 0.15) is 0 Å². The molecule has 0 bridgehead atoms. The number of primary amides is 1. The maximum absolute atomic E-state index is 10.6. The Bertz CT molecular complexity index is 286. The molecule has 0 aromatic rings. The molecule has 26 heavy (non-hydrogen) atoms. The van der Waals surface area contributed by atoms with E-state index in [9.17, 15) is 4.79 Å². The Labute approximate surface area is 164 Å². The minimum absolute atomic E-state index is 0.153. The van der Waals surface area contributed by atoms with E-state index in [1.165, 1.54) is 110 Å². The zero-order valence-electron chi connectivity index (χ0n) is 18.1. The largest absolute Gasteiger partial charge is 0.370 e. The SMILES string of the molecule is CCCCN(CCCC)CCCCCCCCCCCCCCC(N)=O. The summed E-state index contributed by atoms with van der Waals surface area (Å²) in [5.41, 5.74) is 5.14. The molecular formula is C23H48N2O. The molecule has 1 amide bonds. The molecule has 0 rings (SSSR count). The van der Waals surface area contributed by atoms with Crippen LogP contribution in [0.5, 0.6) is 0 Å². The van der Waals surface area contributed by atoms with Crippen molar-refractivity contribution in [3.8, 4) is 0 Å². The Morgan fingerprint density at radius 1 is 0.577 bits per heavy atom. The number of hydrogen-bond donors (Lipinski definition) is 1. The molecule has 0 aliphatic rings. The normalized spacial score (nSPS) is 11.3. The maximum Gasteiger partial charge on any atom is 0.217 e. The second-order valence-electron chi connectivity index (χ2n) is 8.01. The zero-order valence-corrected chi connectivity index (χ0v) is 18.1. The average molecular weight is 369 g/mol. The van der Waals surface area contributed by atoms with Gasteiger partial charge in [0, 0.05) is 6.42 Å². The van der Waals surface area contributed by atoms with E-state index in [0.29, 0.717) is 6.42 Å². The Balaban J connectivity index is 3.29. The summed E-state index contributed by atoms with van der Waals surface area (Å²) in [5, 5.41) is 0. The second-order valence-corrected chi connectivity index (χ2v) is 8.01. The predicted octanol–water partition coefficient (Wildman–Crippen LogP) is 6.45. The van der Waals surface area contributed by atoms with Gasteiger partial charge in [-0.05, 0) is 45.3 Å². The van der Waals surface area contributed by atoms with E-state index in [2.05, 4.69) is 18.7 Å². The monoisotopic (exact) mass is 368 g/mol. The van der Waals surface area contributed by atoms with Gasteiger partial charge in [-0.3, -0.25) is 4.79 Å². The molecule has 0 aromatic heterocycles. The van der Waals surface area contributed by atoms with E-state index in [1.807, 2.05) is 0 Å². The summed E-state index contributed by atoms with van der Waals surface area (Å²) in [6.07, 6.45) is 21.8. The summed E-state index contributed by atoms with van der Waals surface area (Å²) in [7, 11) is 0. The summed E-state index contributed by atoms with van der Waals surface area (Å²) in [4.78, 5) is 13.3. The van der Waals surface area contributed by atoms with E-state index in [0.717, 1.165) is 12.8 Å². The van der Waals surface area contributed by atoms with Crippen molar-refractivity contribution < 1.29 is 4.79 Å². The topological polar surface area (TPSA) is 46.3 Å². The molecular weight excluding hydrogens is 320 g/mol. The molecule has 0 saturated heterocycles. The number of rotatable bonds is 21. The first-order valence-electron chi connectivity index (χ1n) is 11.7. The van der Waals surface area contributed by atoms with Crippen molar-refractivity contribution >= 4 is 5.91 Å². The molecule has 3 nitrogen and oxygen atoms in total. The summed E-state index contributed by atoms with van der Waals surface area (Å²) in [5.74, 6) is -0.153. The number of amides is 1. The van der Waals surface area contributed by atoms with Gasteiger partial charge in [0.2, 0.25) is 5.91 Å². The van der Waals surface area contributed by atoms with Gasteiger partial charge in [-0.2, -0.15) is 0 Å². The molecule has 0 fully saturated rings. The number of nitrogens with zero attached hydrogens (tertiary/aromatic N) is 1. The third-order valence-corrected chi connectivity index (χ3v) is 5.30. The van der Waals surface area contributed by atoms with Crippen molar-refractivity contribution in [3.05, 3.63) is 0 Å². The number of carbonyl (C=O) groups is 1. The van der Waals surface area contributed by atoms with Crippen molar-refractivity contribution in [3.63, 3.8) is 0 Å². The third kappa shape index (κ3) is 19.8. The lowest BCUT2D eigenvalue weighted by molar-refractivity contribution is -0.118. The van der Waals surface area contributed by atoms with Gasteiger partial charge < -0.3 is 10.6 Å². The van der Waals surface area contributed by atoms with E-state index < -0.39 is 0 Å². The van der Waals surface area contributed by atoms with Crippen molar-refractivity contribution in [1.82, 2.24) is 4.90 Å². The lowest BCUT2D eigenvalue weighted by atomic mass is 10.0. The summed E-state index contributed by atoms with van der Waals surface area (Å²) in [6, 6.07) is 0. The number of unbranched alkanes of at least 4 members (excludes halogenated alkanes) is 13. The van der Waals surface area contributed by atoms with Crippen LogP contribution >= 0.6 is 0 Å². The molecule has 0 atom stereocenters. The highest BCUT2D eigenvalue weighted by atomic mass is 16.1. The van der Waals surface area contributed by atoms with E-state index in [-0.39, 0.29) is 5.91 Å². The molecule has 0 aliphatic carbocycles. The lowest BCUT2D eigenvalue weighted by Crippen LogP contribution is -2.27. The van der Waals surface area contributed by atoms with Crippen molar-refractivity contribution in [1.29, 1.82) is 0 Å². The fourth-order valence-electron chi connectivity index (χ4n) is 3.50. The maximum atomic E-state index is 10.6. The first kappa shape index (κ1) is 25.4. The quantitative estimate of drug-likeness (QED) is 0.237. The third-order valence-electron chi connectivity index (χ3n) is 5.30. The molecule has 2 N–H and O–H groups in total. The molecule has 0 aliphatic heterocycles. The first-order valence-corrected chi connectivity index (χ1v) is 11.7. The molecule has 156 valence electrons. The van der Waals surface area contributed by atoms with Crippen LogP contribution < -0.4 is 5.73 Å². The van der Waals surface area contributed by atoms with Gasteiger partial charge >= 0.3 is 0 Å². The summed E-state index contributed by atoms with van der Waals surface area (Å²) < 4.78 is 0. The highest BCUT2D eigenvalue weighted by Gasteiger charge is 2.03. The first-order chi connectivity index (χ1) is 12.7. The van der Waals surface area contributed by atoms with Gasteiger partial charge in [-0.1, -0.05) is 90.9 Å². The van der Waals surface area contributed by atoms with Gasteiger partial charge in [-0.15, -0.1) is 0 Å². The Morgan fingerprint density at radius 3 is 1.31 bits per heavy atom. The molecule has 0 aromatic carbocycles. The highest BCUT2D eigenvalue weighted by Crippen LogP contribution is 2.13. The van der Waals surface area contributed by atoms with Gasteiger partial charge in [0.05, 0.1) is 0 Å². The van der Waals surface area contributed by atoms with Crippen molar-refractivity contribution in [2.45, 2.75) is 123 Å². The van der Waals surface area contributed by atoms with Crippen LogP contribution in [-0.2, 0) is 4.79 Å². The van der Waals surface area contributed by atoms with Crippen LogP contribution in [0.1, 0.15) is 123 Å². The average Bonchev–Trinajstić information content (AvgIpc) is 2.63. The number of nitrogens with two attached hydrogens (primary N) is 1. The minimum Gasteiger partial charge on any atom is -0.370 e. The number of carbonyl (C=O) groups excluding carboxylic acids is 1. The Kier molecular flexibility index (Phi) is 20.3. The summed E-state index contributed by atoms with van der Waals surface area (Å²) >= 11 is 0. The molecule has 3 heteroatoms. The lowest BCUT2D eigenvalue weighted by Gasteiger charge is -2.21. The predicted molar refractivity (Wildman–Crippen MR) is 115 cm³/mol. The smallest absolute Gasteiger partial charge is 0.217 e. The van der Waals surface area contributed by atoms with Gasteiger partial charge in [0.25, 0.3) is 0 Å². The van der Waals surface area contributed by atoms with Gasteiger partial charge in [-0.25, -0.2) is 0 Å². The Morgan fingerprint density at radius 2 is 0.923 bits per heavy atom. The van der Waals surface area contributed by atoms with Crippen LogP contribution in [0.3, 0.4) is 0 Å². The fourth-order valence-corrected chi connectivity index (χ4v) is 3.50. The molecule has 0 unspecified atom stereocenters. The van der Waals surface area contributed by atoms with Crippen LogP contribution in [-0.4, -0.2) is 30.4 Å². The van der Waals surface area contributed by atoms with Crippen LogP contribution in [0.15, 0.2) is 0 Å². The molecule has 0 saturated carbocycles. The zero-order chi connectivity index (χ0) is 19.3. The van der Waals surface area contributed by atoms with Gasteiger partial charge in [0.15, 0.2) is 0 Å². The summed E-state index contributed by atoms with van der Waals surface area (Å²) in [6.45, 7) is 8.51. The highest BCUT2D eigenvalue weighted by molar-refractivity contribution is 5.73. The number of hydrogen-bond acceptors (Lipinski definition) is 2. The molecule has 0 spiro atoms. The van der Waals surface area contributed by atoms with Crippen LogP contribution in [0.2, 0.25) is 0 Å². The molecule has 0 radical (unpaired) electrons. The van der Waals surface area contributed by atoms with E-state index >= 15 is 0 Å². The van der Waals surface area contributed by atoms with Crippen LogP contribution in [0, 0.1) is 0 Å². The molecule has 0 heterocycles. The van der Waals surface area contributed by atoms with Crippen molar-refractivity contribution in [2.75, 3.05) is 19.6 Å². The van der Waals surface area contributed by atoms with E-state index in [1.54, 1.807) is 0 Å². The fraction of sp³-hybridized carbons (Fsp3) is 0.957. The van der Waals surface area contributed by atoms with Crippen LogP contribution in [0.4, 0.5) is 0 Å². The minimum atomic E-state index is -0.153. The van der Waals surface area contributed by atoms with E-state index in [4.69, 9.17) is 5.73 Å². The van der Waals surface area contributed by atoms with Crippen LogP contribution in [0.25, 0.3) is 0 Å². The standard InChI is InChI=1S/C23H48N2O/c1-3-5-20-25(21-6-4-2)22-18-16-14-12-10-8-7-9-11-13-15-17-19-23(24)26/h3-22H2,1-2H3,(H2,24,26). The van der Waals surface area contributed by atoms with Crippen molar-refractivity contribution in [2.24, 2.45) is 5.73 Å². The Hall–Kier alpha value is -0.570.